The lowest BCUT2D eigenvalue weighted by atomic mass is 9.44. The maximum Gasteiger partial charge on any atom is 0.306 e. The third kappa shape index (κ3) is 6.28. The van der Waals surface area contributed by atoms with Crippen LogP contribution in [-0.4, -0.2) is 59.9 Å². The molecule has 3 aliphatic rings. The quantitative estimate of drug-likeness (QED) is 0.175. The van der Waals surface area contributed by atoms with E-state index in [1.807, 2.05) is 27.7 Å². The second-order valence-corrected chi connectivity index (χ2v) is 12.2. The first-order chi connectivity index (χ1) is 19.1. The van der Waals surface area contributed by atoms with Crippen molar-refractivity contribution in [3.05, 3.63) is 36.5 Å². The van der Waals surface area contributed by atoms with E-state index in [0.29, 0.717) is 18.4 Å². The van der Waals surface area contributed by atoms with E-state index in [4.69, 9.17) is 23.7 Å². The molecule has 2 aliphatic carbocycles. The summed E-state index contributed by atoms with van der Waals surface area (Å²) in [4.78, 5) is 49.6. The van der Waals surface area contributed by atoms with E-state index in [-0.39, 0.29) is 18.8 Å². The zero-order valence-electron chi connectivity index (χ0n) is 25.1. The van der Waals surface area contributed by atoms with Crippen LogP contribution in [-0.2, 0) is 42.9 Å². The summed E-state index contributed by atoms with van der Waals surface area (Å²) >= 11 is 0. The van der Waals surface area contributed by atoms with Crippen molar-refractivity contribution in [1.82, 2.24) is 0 Å². The Morgan fingerprint density at radius 3 is 2.24 bits per heavy atom. The van der Waals surface area contributed by atoms with E-state index in [1.54, 1.807) is 12.2 Å². The number of rotatable bonds is 10. The molecular weight excluding hydrogens is 532 g/mol. The van der Waals surface area contributed by atoms with Crippen molar-refractivity contribution in [2.75, 3.05) is 0 Å². The Hall–Kier alpha value is -2.98. The molecule has 1 heterocycles. The lowest BCUT2D eigenvalue weighted by Crippen LogP contribution is -2.68. The fourth-order valence-corrected chi connectivity index (χ4v) is 6.93. The average molecular weight is 577 g/mol. The fraction of sp³-hybridized carbons (Fsp3) is 0.677. The van der Waals surface area contributed by atoms with Gasteiger partial charge in [-0.2, -0.15) is 0 Å². The Kier molecular flexibility index (Phi) is 9.91. The van der Waals surface area contributed by atoms with Crippen molar-refractivity contribution >= 4 is 23.9 Å². The van der Waals surface area contributed by atoms with Crippen LogP contribution in [0.3, 0.4) is 0 Å². The molecule has 9 atom stereocenters. The summed E-state index contributed by atoms with van der Waals surface area (Å²) in [6.07, 6.45) is -1.05. The predicted molar refractivity (Wildman–Crippen MR) is 148 cm³/mol. The van der Waals surface area contributed by atoms with Gasteiger partial charge in [-0.15, -0.1) is 0 Å². The molecule has 10 nitrogen and oxygen atoms in total. The van der Waals surface area contributed by atoms with Gasteiger partial charge in [-0.1, -0.05) is 52.5 Å². The molecule has 41 heavy (non-hydrogen) atoms. The van der Waals surface area contributed by atoms with Crippen LogP contribution in [0.1, 0.15) is 74.1 Å². The third-order valence-corrected chi connectivity index (χ3v) is 8.91. The lowest BCUT2D eigenvalue weighted by molar-refractivity contribution is -0.276. The van der Waals surface area contributed by atoms with E-state index in [0.717, 1.165) is 5.57 Å². The van der Waals surface area contributed by atoms with Gasteiger partial charge in [0, 0.05) is 38.7 Å². The molecule has 2 fully saturated rings. The summed E-state index contributed by atoms with van der Waals surface area (Å²) in [6.45, 7) is 19.3. The van der Waals surface area contributed by atoms with Gasteiger partial charge in [0.05, 0.1) is 5.41 Å². The molecule has 1 aliphatic heterocycles. The SMILES string of the molecule is C=CC(=C)CC[C@@]1(C)[C@@H](C)[C@@H](OC(C)=O)[C@@H](O)C23C(=C[C@@H](OC(=O)CC(C)C)C[C@@H]21)[C@H](OC(C)=O)O[C@@H]3OC(C)=O. The molecule has 0 amide bonds. The number of carbonyl (C=O) groups is 4. The zero-order valence-corrected chi connectivity index (χ0v) is 25.1. The number of hydrogen-bond acceptors (Lipinski definition) is 10. The van der Waals surface area contributed by atoms with Crippen molar-refractivity contribution in [1.29, 1.82) is 0 Å². The van der Waals surface area contributed by atoms with E-state index >= 15 is 0 Å². The van der Waals surface area contributed by atoms with E-state index in [1.165, 1.54) is 20.8 Å². The van der Waals surface area contributed by atoms with Gasteiger partial charge in [-0.25, -0.2) is 0 Å². The van der Waals surface area contributed by atoms with E-state index in [2.05, 4.69) is 13.2 Å². The highest BCUT2D eigenvalue weighted by Crippen LogP contribution is 2.67. The van der Waals surface area contributed by atoms with Gasteiger partial charge >= 0.3 is 23.9 Å². The van der Waals surface area contributed by atoms with E-state index < -0.39 is 77.4 Å². The number of ether oxygens (including phenoxy) is 5. The van der Waals surface area contributed by atoms with Crippen molar-refractivity contribution in [3.63, 3.8) is 0 Å². The summed E-state index contributed by atoms with van der Waals surface area (Å²) in [6, 6.07) is 0. The molecule has 228 valence electrons. The van der Waals surface area contributed by atoms with Crippen LogP contribution in [0.5, 0.6) is 0 Å². The molecule has 1 unspecified atom stereocenters. The summed E-state index contributed by atoms with van der Waals surface area (Å²) in [5.74, 6) is -3.17. The number of carbonyl (C=O) groups excluding carboxylic acids is 4. The lowest BCUT2D eigenvalue weighted by Gasteiger charge is -2.62. The van der Waals surface area contributed by atoms with Gasteiger partial charge in [-0.05, 0) is 42.6 Å². The van der Waals surface area contributed by atoms with Crippen LogP contribution in [0.15, 0.2) is 36.5 Å². The predicted octanol–water partition coefficient (Wildman–Crippen LogP) is 4.16. The topological polar surface area (TPSA) is 135 Å². The molecule has 1 saturated carbocycles. The molecule has 0 aromatic carbocycles. The average Bonchev–Trinajstić information content (AvgIpc) is 3.14. The molecule has 1 N–H and O–H groups in total. The molecule has 10 heteroatoms. The Balaban J connectivity index is 2.29. The number of allylic oxidation sites excluding steroid dienone is 2. The Labute approximate surface area is 242 Å². The van der Waals surface area contributed by atoms with Gasteiger partial charge in [0.15, 0.2) is 0 Å². The molecule has 0 radical (unpaired) electrons. The standard InChI is InChI=1S/C31H44O10/c1-10-17(4)11-12-30(9)18(5)26(37-19(6)32)27(36)31-23(28(38-20(7)33)41-29(31)39-21(8)34)14-22(15-24(30)31)40-25(35)13-16(2)3/h10,14,16,18,22,24,26-29,36H,1,4,11-13,15H2,2-3,5-9H3/t18-,22+,24+,26+,27+,28+,29-,30-,31?/m0/s1. The van der Waals surface area contributed by atoms with Crippen LogP contribution in [0.4, 0.5) is 0 Å². The summed E-state index contributed by atoms with van der Waals surface area (Å²) < 4.78 is 28.9. The Bertz CT molecular complexity index is 1110. The van der Waals surface area contributed by atoms with Gasteiger partial charge in [-0.3, -0.25) is 23.9 Å². The normalized spacial score (nSPS) is 35.8. The van der Waals surface area contributed by atoms with Crippen LogP contribution < -0.4 is 0 Å². The highest BCUT2D eigenvalue weighted by atomic mass is 16.8. The van der Waals surface area contributed by atoms with Gasteiger partial charge < -0.3 is 24.1 Å². The maximum absolute atomic E-state index is 12.8. The highest BCUT2D eigenvalue weighted by Gasteiger charge is 2.74. The molecule has 0 aromatic heterocycles. The number of aliphatic hydroxyl groups is 1. The largest absolute Gasteiger partial charge is 0.459 e. The van der Waals surface area contributed by atoms with E-state index in [9.17, 15) is 24.3 Å². The Morgan fingerprint density at radius 2 is 1.71 bits per heavy atom. The smallest absolute Gasteiger partial charge is 0.306 e. The molecule has 0 aromatic rings. The van der Waals surface area contributed by atoms with Crippen molar-refractivity contribution < 1.29 is 48.0 Å². The molecule has 1 spiro atoms. The van der Waals surface area contributed by atoms with Crippen LogP contribution in [0.2, 0.25) is 0 Å². The monoisotopic (exact) mass is 576 g/mol. The second-order valence-electron chi connectivity index (χ2n) is 12.2. The molecule has 1 saturated heterocycles. The van der Waals surface area contributed by atoms with Crippen LogP contribution in [0.25, 0.3) is 0 Å². The minimum atomic E-state index is -1.48. The van der Waals surface area contributed by atoms with Crippen molar-refractivity contribution in [3.8, 4) is 0 Å². The zero-order chi connectivity index (χ0) is 30.9. The third-order valence-electron chi connectivity index (χ3n) is 8.91. The summed E-state index contributed by atoms with van der Waals surface area (Å²) in [5, 5.41) is 12.2. The Morgan fingerprint density at radius 1 is 1.10 bits per heavy atom. The minimum Gasteiger partial charge on any atom is -0.459 e. The summed E-state index contributed by atoms with van der Waals surface area (Å²) in [7, 11) is 0. The molecule has 3 rings (SSSR count). The first kappa shape index (κ1) is 32.5. The molecular formula is C31H44O10. The van der Waals surface area contributed by atoms with Crippen LogP contribution in [0, 0.1) is 28.6 Å². The minimum absolute atomic E-state index is 0.0750. The molecule has 0 bridgehead atoms. The number of esters is 4. The fourth-order valence-electron chi connectivity index (χ4n) is 6.93. The number of aliphatic hydroxyl groups excluding tert-OH is 1. The summed E-state index contributed by atoms with van der Waals surface area (Å²) in [5.41, 5.74) is -1.08. The van der Waals surface area contributed by atoms with Gasteiger partial charge in [0.2, 0.25) is 12.6 Å². The number of hydrogen-bond donors (Lipinski definition) is 1. The first-order valence-corrected chi connectivity index (χ1v) is 14.1. The van der Waals surface area contributed by atoms with Gasteiger partial charge in [0.1, 0.15) is 18.3 Å². The second kappa shape index (κ2) is 12.5. The maximum atomic E-state index is 12.8. The van der Waals surface area contributed by atoms with Gasteiger partial charge in [0.25, 0.3) is 0 Å². The highest BCUT2D eigenvalue weighted by molar-refractivity contribution is 5.70. The van der Waals surface area contributed by atoms with Crippen LogP contribution >= 0.6 is 0 Å². The first-order valence-electron chi connectivity index (χ1n) is 14.1. The van der Waals surface area contributed by atoms with Crippen molar-refractivity contribution in [2.45, 2.75) is 105 Å². The van der Waals surface area contributed by atoms with Crippen molar-refractivity contribution in [2.24, 2.45) is 28.6 Å².